The summed E-state index contributed by atoms with van der Waals surface area (Å²) < 4.78 is 10.4. The van der Waals surface area contributed by atoms with Crippen LogP contribution in [-0.4, -0.2) is 39.3 Å². The zero-order valence-corrected chi connectivity index (χ0v) is 14.3. The predicted molar refractivity (Wildman–Crippen MR) is 94.0 cm³/mol. The molecule has 0 aliphatic heterocycles. The highest BCUT2D eigenvalue weighted by molar-refractivity contribution is 5.91. The van der Waals surface area contributed by atoms with Crippen molar-refractivity contribution >= 4 is 17.5 Å². The van der Waals surface area contributed by atoms with Gasteiger partial charge in [0, 0.05) is 38.5 Å². The third-order valence-electron chi connectivity index (χ3n) is 3.39. The summed E-state index contributed by atoms with van der Waals surface area (Å²) in [5.74, 6) is 2.01. The maximum absolute atomic E-state index is 12.2. The van der Waals surface area contributed by atoms with Gasteiger partial charge in [0.25, 0.3) is 0 Å². The number of methoxy groups -OCH3 is 2. The van der Waals surface area contributed by atoms with Gasteiger partial charge in [0.2, 0.25) is 0 Å². The van der Waals surface area contributed by atoms with Gasteiger partial charge in [-0.15, -0.1) is 0 Å². The fourth-order valence-corrected chi connectivity index (χ4v) is 2.22. The van der Waals surface area contributed by atoms with Gasteiger partial charge in [0.05, 0.1) is 19.9 Å². The summed E-state index contributed by atoms with van der Waals surface area (Å²) in [6, 6.07) is 8.63. The van der Waals surface area contributed by atoms with Gasteiger partial charge in [-0.2, -0.15) is 0 Å². The summed E-state index contributed by atoms with van der Waals surface area (Å²) in [4.78, 5) is 18.4. The molecule has 0 bridgehead atoms. The molecule has 7 heteroatoms. The number of hydrogen-bond donors (Lipinski definition) is 2. The topological polar surface area (TPSA) is 75.7 Å². The van der Waals surface area contributed by atoms with Crippen molar-refractivity contribution < 1.29 is 14.3 Å². The molecular formula is C17H22N4O3. The first kappa shape index (κ1) is 17.4. The highest BCUT2D eigenvalue weighted by atomic mass is 16.5. The highest BCUT2D eigenvalue weighted by Gasteiger charge is 2.10. The average Bonchev–Trinajstić information content (AvgIpc) is 2.60. The summed E-state index contributed by atoms with van der Waals surface area (Å²) in [5.41, 5.74) is 1.46. The third-order valence-corrected chi connectivity index (χ3v) is 3.39. The number of anilines is 2. The number of aromatic nitrogens is 1. The molecule has 1 heterocycles. The predicted octanol–water partition coefficient (Wildman–Crippen LogP) is 2.49. The molecule has 128 valence electrons. The Bertz CT molecular complexity index is 704. The van der Waals surface area contributed by atoms with Gasteiger partial charge in [0.1, 0.15) is 17.3 Å². The second-order valence-electron chi connectivity index (χ2n) is 5.25. The molecule has 2 amide bonds. The maximum Gasteiger partial charge on any atom is 0.319 e. The van der Waals surface area contributed by atoms with Crippen molar-refractivity contribution in [1.29, 1.82) is 0 Å². The monoisotopic (exact) mass is 330 g/mol. The first-order valence-electron chi connectivity index (χ1n) is 7.43. The molecule has 0 radical (unpaired) electrons. The summed E-state index contributed by atoms with van der Waals surface area (Å²) in [7, 11) is 6.93. The van der Waals surface area contributed by atoms with Gasteiger partial charge >= 0.3 is 6.03 Å². The van der Waals surface area contributed by atoms with E-state index in [-0.39, 0.29) is 6.03 Å². The van der Waals surface area contributed by atoms with E-state index < -0.39 is 0 Å². The van der Waals surface area contributed by atoms with E-state index in [1.165, 1.54) is 0 Å². The van der Waals surface area contributed by atoms with Crippen LogP contribution < -0.4 is 25.0 Å². The summed E-state index contributed by atoms with van der Waals surface area (Å²) in [6.45, 7) is 0.361. The summed E-state index contributed by atoms with van der Waals surface area (Å²) >= 11 is 0. The SMILES string of the molecule is COc1ccc(OC)c(NC(=O)NCc2cccnc2N(C)C)c1. The Hall–Kier alpha value is -2.96. The van der Waals surface area contributed by atoms with Gasteiger partial charge in [-0.25, -0.2) is 9.78 Å². The zero-order chi connectivity index (χ0) is 17.5. The molecule has 2 N–H and O–H groups in total. The standard InChI is InChI=1S/C17H22N4O3/c1-21(2)16-12(6-5-9-18-16)11-19-17(22)20-14-10-13(23-3)7-8-15(14)24-4/h5-10H,11H2,1-4H3,(H2,19,20,22). The molecule has 0 aliphatic rings. The molecule has 0 atom stereocenters. The van der Waals surface area contributed by atoms with E-state index in [1.807, 2.05) is 31.1 Å². The second-order valence-corrected chi connectivity index (χ2v) is 5.25. The number of ether oxygens (including phenoxy) is 2. The van der Waals surface area contributed by atoms with Gasteiger partial charge in [0.15, 0.2) is 0 Å². The quantitative estimate of drug-likeness (QED) is 0.851. The van der Waals surface area contributed by atoms with Gasteiger partial charge in [-0.3, -0.25) is 0 Å². The molecule has 1 aromatic carbocycles. The number of hydrogen-bond acceptors (Lipinski definition) is 5. The molecule has 24 heavy (non-hydrogen) atoms. The van der Waals surface area contributed by atoms with E-state index in [4.69, 9.17) is 9.47 Å². The fraction of sp³-hybridized carbons (Fsp3) is 0.294. The van der Waals surface area contributed by atoms with Crippen molar-refractivity contribution in [2.24, 2.45) is 0 Å². The lowest BCUT2D eigenvalue weighted by molar-refractivity contribution is 0.251. The maximum atomic E-state index is 12.2. The van der Waals surface area contributed by atoms with Crippen LogP contribution in [0.25, 0.3) is 0 Å². The van der Waals surface area contributed by atoms with Crippen LogP contribution in [0.2, 0.25) is 0 Å². The Balaban J connectivity index is 2.04. The molecule has 0 saturated heterocycles. The minimum Gasteiger partial charge on any atom is -0.497 e. The van der Waals surface area contributed by atoms with E-state index in [0.29, 0.717) is 23.7 Å². The number of rotatable bonds is 6. The Morgan fingerprint density at radius 1 is 1.21 bits per heavy atom. The number of pyridine rings is 1. The van der Waals surface area contributed by atoms with E-state index >= 15 is 0 Å². The third kappa shape index (κ3) is 4.28. The average molecular weight is 330 g/mol. The molecule has 0 unspecified atom stereocenters. The van der Waals surface area contributed by atoms with Crippen molar-refractivity contribution in [3.63, 3.8) is 0 Å². The second kappa shape index (κ2) is 8.05. The lowest BCUT2D eigenvalue weighted by atomic mass is 10.2. The summed E-state index contributed by atoms with van der Waals surface area (Å²) in [6.07, 6.45) is 1.72. The Morgan fingerprint density at radius 3 is 2.67 bits per heavy atom. The largest absolute Gasteiger partial charge is 0.497 e. The molecule has 1 aromatic heterocycles. The van der Waals surface area contributed by atoms with E-state index in [0.717, 1.165) is 11.4 Å². The van der Waals surface area contributed by atoms with Gasteiger partial charge in [-0.1, -0.05) is 6.07 Å². The molecule has 0 saturated carbocycles. The lowest BCUT2D eigenvalue weighted by Gasteiger charge is -2.16. The smallest absolute Gasteiger partial charge is 0.319 e. The number of amides is 2. The van der Waals surface area contributed by atoms with Crippen LogP contribution in [0, 0.1) is 0 Å². The van der Waals surface area contributed by atoms with Crippen LogP contribution in [0.1, 0.15) is 5.56 Å². The summed E-state index contributed by atoms with van der Waals surface area (Å²) in [5, 5.41) is 5.58. The molecule has 0 aliphatic carbocycles. The molecule has 2 aromatic rings. The van der Waals surface area contributed by atoms with Crippen molar-refractivity contribution in [1.82, 2.24) is 10.3 Å². The number of carbonyl (C=O) groups is 1. The minimum absolute atomic E-state index is 0.338. The van der Waals surface area contributed by atoms with Gasteiger partial charge in [-0.05, 0) is 18.2 Å². The van der Waals surface area contributed by atoms with E-state index in [9.17, 15) is 4.79 Å². The molecular weight excluding hydrogens is 308 g/mol. The van der Waals surface area contributed by atoms with Crippen LogP contribution in [0.3, 0.4) is 0 Å². The Morgan fingerprint density at radius 2 is 2.00 bits per heavy atom. The van der Waals surface area contributed by atoms with Crippen LogP contribution in [0.4, 0.5) is 16.3 Å². The first-order chi connectivity index (χ1) is 11.5. The lowest BCUT2D eigenvalue weighted by Crippen LogP contribution is -2.29. The first-order valence-corrected chi connectivity index (χ1v) is 7.43. The zero-order valence-electron chi connectivity index (χ0n) is 14.3. The van der Waals surface area contributed by atoms with Crippen molar-refractivity contribution in [3.8, 4) is 11.5 Å². The van der Waals surface area contributed by atoms with Crippen LogP contribution in [0.5, 0.6) is 11.5 Å². The minimum atomic E-state index is -0.338. The van der Waals surface area contributed by atoms with Crippen molar-refractivity contribution in [2.45, 2.75) is 6.54 Å². The van der Waals surface area contributed by atoms with E-state index in [2.05, 4.69) is 15.6 Å². The number of urea groups is 1. The number of benzene rings is 1. The number of nitrogens with one attached hydrogen (secondary N) is 2. The Labute approximate surface area is 141 Å². The van der Waals surface area contributed by atoms with Crippen molar-refractivity contribution in [2.75, 3.05) is 38.5 Å². The van der Waals surface area contributed by atoms with Gasteiger partial charge < -0.3 is 25.0 Å². The molecule has 7 nitrogen and oxygen atoms in total. The number of carbonyl (C=O) groups excluding carboxylic acids is 1. The van der Waals surface area contributed by atoms with Crippen LogP contribution >= 0.6 is 0 Å². The number of nitrogens with zero attached hydrogens (tertiary/aromatic N) is 2. The van der Waals surface area contributed by atoms with Crippen LogP contribution in [-0.2, 0) is 6.54 Å². The fourth-order valence-electron chi connectivity index (χ4n) is 2.22. The Kier molecular flexibility index (Phi) is 5.83. The molecule has 0 fully saturated rings. The highest BCUT2D eigenvalue weighted by Crippen LogP contribution is 2.28. The molecule has 0 spiro atoms. The molecule has 2 rings (SSSR count). The van der Waals surface area contributed by atoms with E-state index in [1.54, 1.807) is 38.6 Å². The normalized spacial score (nSPS) is 10.0. The van der Waals surface area contributed by atoms with Crippen molar-refractivity contribution in [3.05, 3.63) is 42.1 Å². The van der Waals surface area contributed by atoms with Crippen LogP contribution in [0.15, 0.2) is 36.5 Å².